The average Bonchev–Trinajstić information content (AvgIpc) is 3.31. The third-order valence-corrected chi connectivity index (χ3v) is 7.62. The maximum atomic E-state index is 13.0. The normalized spacial score (nSPS) is 21.3. The molecule has 1 aliphatic heterocycles. The first-order chi connectivity index (χ1) is 16.9. The van der Waals surface area contributed by atoms with Gasteiger partial charge in [0.1, 0.15) is 0 Å². The number of piperazine rings is 1. The van der Waals surface area contributed by atoms with E-state index in [2.05, 4.69) is 59.4 Å². The van der Waals surface area contributed by atoms with E-state index in [1.54, 1.807) is 16.8 Å². The Balaban J connectivity index is 0.00000304. The fourth-order valence-corrected chi connectivity index (χ4v) is 5.15. The van der Waals surface area contributed by atoms with Crippen LogP contribution in [0.4, 0.5) is 0 Å². The van der Waals surface area contributed by atoms with Crippen LogP contribution in [0.5, 0.6) is 0 Å². The monoisotopic (exact) mass is 476 g/mol. The van der Waals surface area contributed by atoms with E-state index >= 15 is 0 Å². The minimum Gasteiger partial charge on any atom is -0.348 e. The molecule has 1 aliphatic carbocycles. The Labute approximate surface area is 207 Å². The SMILES string of the molecule is Cc1ccc(-c2ccnc3cc(C(=O)NC4CCC(C(=O)N5CCN(C)CC5)CC4)nn23)cc1C.[HH]. The second kappa shape index (κ2) is 9.77. The van der Waals surface area contributed by atoms with Gasteiger partial charge in [0.15, 0.2) is 11.3 Å². The first-order valence-corrected chi connectivity index (χ1v) is 12.6. The zero-order valence-electron chi connectivity index (χ0n) is 20.8. The van der Waals surface area contributed by atoms with Crippen molar-refractivity contribution in [2.45, 2.75) is 45.6 Å². The van der Waals surface area contributed by atoms with Crippen LogP contribution in [0.15, 0.2) is 36.5 Å². The van der Waals surface area contributed by atoms with Crippen molar-refractivity contribution in [1.29, 1.82) is 0 Å². The first kappa shape index (κ1) is 23.5. The van der Waals surface area contributed by atoms with Crippen molar-refractivity contribution in [3.8, 4) is 11.3 Å². The molecule has 2 amide bonds. The first-order valence-electron chi connectivity index (χ1n) is 12.6. The summed E-state index contributed by atoms with van der Waals surface area (Å²) in [5.41, 5.74) is 5.40. The van der Waals surface area contributed by atoms with Crippen LogP contribution in [0.25, 0.3) is 16.9 Å². The highest BCUT2D eigenvalue weighted by molar-refractivity contribution is 5.93. The summed E-state index contributed by atoms with van der Waals surface area (Å²) in [7, 11) is 2.10. The Hall–Kier alpha value is -3.26. The number of hydrogen-bond acceptors (Lipinski definition) is 5. The minimum atomic E-state index is -0.185. The predicted molar refractivity (Wildman–Crippen MR) is 137 cm³/mol. The van der Waals surface area contributed by atoms with Crippen molar-refractivity contribution in [3.63, 3.8) is 0 Å². The van der Waals surface area contributed by atoms with Crippen LogP contribution in [-0.4, -0.2) is 75.5 Å². The molecule has 1 aromatic carbocycles. The van der Waals surface area contributed by atoms with Crippen LogP contribution in [-0.2, 0) is 4.79 Å². The number of benzene rings is 1. The molecule has 0 spiro atoms. The van der Waals surface area contributed by atoms with Gasteiger partial charge in [-0.2, -0.15) is 5.10 Å². The summed E-state index contributed by atoms with van der Waals surface area (Å²) in [6.45, 7) is 7.70. The van der Waals surface area contributed by atoms with E-state index in [1.807, 2.05) is 11.0 Å². The molecule has 2 aliphatic rings. The van der Waals surface area contributed by atoms with E-state index in [1.165, 1.54) is 11.1 Å². The number of aromatic nitrogens is 3. The van der Waals surface area contributed by atoms with Gasteiger partial charge < -0.3 is 15.1 Å². The van der Waals surface area contributed by atoms with E-state index in [-0.39, 0.29) is 25.2 Å². The molecule has 3 heterocycles. The summed E-state index contributed by atoms with van der Waals surface area (Å²) in [4.78, 5) is 34.6. The van der Waals surface area contributed by atoms with Crippen molar-refractivity contribution < 1.29 is 11.0 Å². The maximum Gasteiger partial charge on any atom is 0.272 e. The number of aryl methyl sites for hydroxylation is 2. The molecule has 0 unspecified atom stereocenters. The van der Waals surface area contributed by atoms with Gasteiger partial charge in [-0.05, 0) is 69.8 Å². The second-order valence-corrected chi connectivity index (χ2v) is 10.1. The molecule has 8 heteroatoms. The summed E-state index contributed by atoms with van der Waals surface area (Å²) >= 11 is 0. The number of fused-ring (bicyclic) bond motifs is 1. The van der Waals surface area contributed by atoms with Gasteiger partial charge in [-0.3, -0.25) is 9.59 Å². The molecule has 2 fully saturated rings. The van der Waals surface area contributed by atoms with E-state index in [9.17, 15) is 9.59 Å². The highest BCUT2D eigenvalue weighted by Crippen LogP contribution is 2.27. The molecule has 1 saturated heterocycles. The second-order valence-electron chi connectivity index (χ2n) is 10.1. The van der Waals surface area contributed by atoms with Crippen LogP contribution in [0.1, 0.15) is 48.7 Å². The Bertz CT molecular complexity index is 1240. The van der Waals surface area contributed by atoms with Gasteiger partial charge in [-0.15, -0.1) is 0 Å². The van der Waals surface area contributed by atoms with E-state index in [4.69, 9.17) is 0 Å². The standard InChI is InChI=1S/C27H34N6O2.H2/c1-18-4-5-21(16-19(18)2)24-10-11-28-25-17-23(30-33(24)25)26(34)29-22-8-6-20(7-9-22)27(35)32-14-12-31(3)13-15-32;/h4-5,10-11,16-17,20,22H,6-9,12-15H2,1-3H3,(H,29,34);1H. The van der Waals surface area contributed by atoms with Crippen LogP contribution in [0, 0.1) is 19.8 Å². The van der Waals surface area contributed by atoms with Crippen molar-refractivity contribution in [2.24, 2.45) is 5.92 Å². The lowest BCUT2D eigenvalue weighted by Crippen LogP contribution is -2.50. The highest BCUT2D eigenvalue weighted by Gasteiger charge is 2.31. The Morgan fingerprint density at radius 3 is 2.43 bits per heavy atom. The van der Waals surface area contributed by atoms with Gasteiger partial charge in [-0.1, -0.05) is 12.1 Å². The fourth-order valence-electron chi connectivity index (χ4n) is 5.15. The third-order valence-electron chi connectivity index (χ3n) is 7.62. The van der Waals surface area contributed by atoms with Crippen LogP contribution in [0.2, 0.25) is 0 Å². The third kappa shape index (κ3) is 4.93. The molecular weight excluding hydrogens is 440 g/mol. The molecule has 3 aromatic rings. The number of nitrogens with one attached hydrogen (secondary N) is 1. The molecule has 5 rings (SSSR count). The molecule has 35 heavy (non-hydrogen) atoms. The smallest absolute Gasteiger partial charge is 0.272 e. The molecule has 0 atom stereocenters. The van der Waals surface area contributed by atoms with Gasteiger partial charge in [0.25, 0.3) is 5.91 Å². The predicted octanol–water partition coefficient (Wildman–Crippen LogP) is 3.32. The van der Waals surface area contributed by atoms with Gasteiger partial charge in [0.05, 0.1) is 5.69 Å². The number of hydrogen-bond donors (Lipinski definition) is 1. The number of carbonyl (C=O) groups excluding carboxylic acids is 2. The van der Waals surface area contributed by atoms with Crippen LogP contribution >= 0.6 is 0 Å². The molecule has 186 valence electrons. The molecule has 1 saturated carbocycles. The van der Waals surface area contributed by atoms with Gasteiger partial charge >= 0.3 is 0 Å². The van der Waals surface area contributed by atoms with E-state index < -0.39 is 0 Å². The van der Waals surface area contributed by atoms with Crippen molar-refractivity contribution >= 4 is 17.5 Å². The lowest BCUT2D eigenvalue weighted by atomic mass is 9.85. The number of nitrogens with zero attached hydrogens (tertiary/aromatic N) is 5. The largest absolute Gasteiger partial charge is 0.348 e. The molecular formula is C27H36N6O2. The lowest BCUT2D eigenvalue weighted by Gasteiger charge is -2.36. The topological polar surface area (TPSA) is 82.8 Å². The van der Waals surface area contributed by atoms with E-state index in [0.29, 0.717) is 11.3 Å². The number of amides is 2. The van der Waals surface area contributed by atoms with Crippen LogP contribution in [0.3, 0.4) is 0 Å². The summed E-state index contributed by atoms with van der Waals surface area (Å²) < 4.78 is 1.74. The molecule has 0 radical (unpaired) electrons. The Kier molecular flexibility index (Phi) is 6.56. The number of carbonyl (C=O) groups is 2. The van der Waals surface area contributed by atoms with Crippen molar-refractivity contribution in [3.05, 3.63) is 53.3 Å². The zero-order chi connectivity index (χ0) is 24.5. The summed E-state index contributed by atoms with van der Waals surface area (Å²) in [6.07, 6.45) is 5.02. The number of likely N-dealkylation sites (N-methyl/N-ethyl adjacent to an activating group) is 1. The molecule has 8 nitrogen and oxygen atoms in total. The average molecular weight is 477 g/mol. The number of rotatable bonds is 4. The zero-order valence-corrected chi connectivity index (χ0v) is 20.8. The molecule has 2 aromatic heterocycles. The summed E-state index contributed by atoms with van der Waals surface area (Å²) in [6, 6.07) is 10.0. The lowest BCUT2D eigenvalue weighted by molar-refractivity contribution is -0.138. The summed E-state index contributed by atoms with van der Waals surface area (Å²) in [5.74, 6) is 0.176. The van der Waals surface area contributed by atoms with Gasteiger partial charge in [0, 0.05) is 57.4 Å². The van der Waals surface area contributed by atoms with E-state index in [0.717, 1.165) is 63.1 Å². The van der Waals surface area contributed by atoms with Crippen molar-refractivity contribution in [1.82, 2.24) is 29.7 Å². The Morgan fingerprint density at radius 1 is 0.971 bits per heavy atom. The molecule has 1 N–H and O–H groups in total. The van der Waals surface area contributed by atoms with Crippen molar-refractivity contribution in [2.75, 3.05) is 33.2 Å². The summed E-state index contributed by atoms with van der Waals surface area (Å²) in [5, 5.41) is 7.74. The minimum absolute atomic E-state index is 0. The maximum absolute atomic E-state index is 13.0. The quantitative estimate of drug-likeness (QED) is 0.625. The highest BCUT2D eigenvalue weighted by atomic mass is 16.2. The van der Waals surface area contributed by atoms with Gasteiger partial charge in [0.2, 0.25) is 5.91 Å². The van der Waals surface area contributed by atoms with Crippen LogP contribution < -0.4 is 5.32 Å². The molecule has 0 bridgehead atoms. The fraction of sp³-hybridized carbons (Fsp3) is 0.481. The van der Waals surface area contributed by atoms with Gasteiger partial charge in [-0.25, -0.2) is 9.50 Å². The Morgan fingerprint density at radius 2 is 1.71 bits per heavy atom.